The highest BCUT2D eigenvalue weighted by Crippen LogP contribution is 2.35. The number of methoxy groups -OCH3 is 1. The number of pyridine rings is 1. The van der Waals surface area contributed by atoms with Crippen molar-refractivity contribution >= 4 is 34.9 Å². The molecule has 0 unspecified atom stereocenters. The average Bonchev–Trinajstić information content (AvgIpc) is 2.76. The fourth-order valence-corrected chi connectivity index (χ4v) is 4.54. The van der Waals surface area contributed by atoms with Crippen LogP contribution >= 0.6 is 11.6 Å². The van der Waals surface area contributed by atoms with Crippen LogP contribution in [0.15, 0.2) is 41.2 Å². The Labute approximate surface area is 185 Å². The van der Waals surface area contributed by atoms with Crippen LogP contribution in [0.25, 0.3) is 0 Å². The van der Waals surface area contributed by atoms with Crippen LogP contribution in [0.5, 0.6) is 0 Å². The van der Waals surface area contributed by atoms with Crippen molar-refractivity contribution in [2.75, 3.05) is 37.4 Å². The van der Waals surface area contributed by atoms with E-state index in [1.807, 2.05) is 11.0 Å². The summed E-state index contributed by atoms with van der Waals surface area (Å²) in [6.45, 7) is 2.18. The van der Waals surface area contributed by atoms with Gasteiger partial charge in [-0.2, -0.15) is 0 Å². The van der Waals surface area contributed by atoms with Crippen LogP contribution in [0.4, 0.5) is 16.2 Å². The molecule has 2 aromatic rings. The van der Waals surface area contributed by atoms with Crippen LogP contribution in [0, 0.1) is 5.92 Å². The predicted octanol–water partition coefficient (Wildman–Crippen LogP) is 3.13. The van der Waals surface area contributed by atoms with Gasteiger partial charge in [-0.3, -0.25) is 9.59 Å². The summed E-state index contributed by atoms with van der Waals surface area (Å²) in [5, 5.41) is 5.91. The lowest BCUT2D eigenvalue weighted by atomic mass is 9.83. The predicted molar refractivity (Wildman–Crippen MR) is 119 cm³/mol. The highest BCUT2D eigenvalue weighted by molar-refractivity contribution is 6.30. The van der Waals surface area contributed by atoms with Crippen LogP contribution in [0.1, 0.15) is 24.5 Å². The van der Waals surface area contributed by atoms with Gasteiger partial charge in [0.1, 0.15) is 5.69 Å². The van der Waals surface area contributed by atoms with Crippen molar-refractivity contribution < 1.29 is 14.3 Å². The summed E-state index contributed by atoms with van der Waals surface area (Å²) >= 11 is 5.86. The number of amides is 3. The molecule has 31 heavy (non-hydrogen) atoms. The minimum Gasteiger partial charge on any atom is -0.384 e. The van der Waals surface area contributed by atoms with E-state index in [0.717, 1.165) is 12.1 Å². The van der Waals surface area contributed by atoms with Crippen molar-refractivity contribution in [3.05, 3.63) is 57.5 Å². The number of piperidine rings is 1. The molecule has 1 aromatic carbocycles. The molecule has 0 radical (unpaired) electrons. The first-order valence-electron chi connectivity index (χ1n) is 10.3. The number of ether oxygens (including phenoxy) is 1. The number of aromatic nitrogens is 1. The summed E-state index contributed by atoms with van der Waals surface area (Å²) < 4.78 is 6.76. The van der Waals surface area contributed by atoms with Gasteiger partial charge >= 0.3 is 6.03 Å². The van der Waals surface area contributed by atoms with Crippen LogP contribution < -0.4 is 16.2 Å². The SMILES string of the molecule is COCCC(=O)N1C[C@@H]2C[C@H](C1)c1ccc(NC(=O)Nc3ccc(Cl)cc3)c(=O)n1C2. The molecule has 2 aliphatic heterocycles. The van der Waals surface area contributed by atoms with Gasteiger partial charge in [-0.15, -0.1) is 0 Å². The van der Waals surface area contributed by atoms with Gasteiger partial charge < -0.3 is 24.8 Å². The van der Waals surface area contributed by atoms with Crippen molar-refractivity contribution in [1.82, 2.24) is 9.47 Å². The lowest BCUT2D eigenvalue weighted by Crippen LogP contribution is -2.49. The van der Waals surface area contributed by atoms with Gasteiger partial charge in [0.05, 0.1) is 13.0 Å². The highest BCUT2D eigenvalue weighted by atomic mass is 35.5. The normalized spacial score (nSPS) is 19.5. The Bertz CT molecular complexity index is 1040. The third kappa shape index (κ3) is 4.75. The molecule has 2 atom stereocenters. The zero-order valence-corrected chi connectivity index (χ0v) is 18.0. The van der Waals surface area contributed by atoms with E-state index in [9.17, 15) is 14.4 Å². The summed E-state index contributed by atoms with van der Waals surface area (Å²) in [5.41, 5.74) is 1.49. The summed E-state index contributed by atoms with van der Waals surface area (Å²) in [6, 6.07) is 9.74. The van der Waals surface area contributed by atoms with Gasteiger partial charge in [-0.1, -0.05) is 11.6 Å². The lowest BCUT2D eigenvalue weighted by molar-refractivity contribution is -0.134. The molecule has 4 rings (SSSR count). The molecule has 8 nitrogen and oxygen atoms in total. The highest BCUT2D eigenvalue weighted by Gasteiger charge is 2.36. The second-order valence-corrected chi connectivity index (χ2v) is 8.45. The third-order valence-corrected chi connectivity index (χ3v) is 6.08. The topological polar surface area (TPSA) is 92.7 Å². The van der Waals surface area contributed by atoms with Gasteiger partial charge in [0.15, 0.2) is 0 Å². The van der Waals surface area contributed by atoms with Crippen molar-refractivity contribution in [1.29, 1.82) is 0 Å². The number of hydrogen-bond donors (Lipinski definition) is 2. The molecule has 2 aliphatic rings. The van der Waals surface area contributed by atoms with E-state index in [1.165, 1.54) is 0 Å². The summed E-state index contributed by atoms with van der Waals surface area (Å²) in [4.78, 5) is 39.7. The Morgan fingerprint density at radius 3 is 2.61 bits per heavy atom. The van der Waals surface area contributed by atoms with E-state index in [1.54, 1.807) is 42.0 Å². The van der Waals surface area contributed by atoms with Crippen LogP contribution in [-0.2, 0) is 16.1 Å². The smallest absolute Gasteiger partial charge is 0.323 e. The Kier molecular flexibility index (Phi) is 6.29. The standard InChI is InChI=1S/C22H25ClN4O4/c1-31-9-8-20(28)26-11-14-10-15(13-26)19-7-6-18(21(29)27(19)12-14)25-22(30)24-17-4-2-16(23)3-5-17/h2-7,14-15H,8-13H2,1H3,(H2,24,25,30)/t14-,15+/m0/s1. The number of urea groups is 1. The molecule has 164 valence electrons. The van der Waals surface area contributed by atoms with E-state index in [0.29, 0.717) is 43.4 Å². The lowest BCUT2D eigenvalue weighted by Gasteiger charge is -2.43. The van der Waals surface area contributed by atoms with Crippen molar-refractivity contribution in [2.45, 2.75) is 25.3 Å². The van der Waals surface area contributed by atoms with E-state index < -0.39 is 6.03 Å². The molecular weight excluding hydrogens is 420 g/mol. The second-order valence-electron chi connectivity index (χ2n) is 8.01. The van der Waals surface area contributed by atoms with E-state index >= 15 is 0 Å². The molecular formula is C22H25ClN4O4. The van der Waals surface area contributed by atoms with E-state index in [-0.39, 0.29) is 29.0 Å². The van der Waals surface area contributed by atoms with Gasteiger partial charge in [-0.05, 0) is 48.7 Å². The molecule has 1 saturated heterocycles. The Morgan fingerprint density at radius 2 is 1.87 bits per heavy atom. The van der Waals surface area contributed by atoms with Crippen molar-refractivity contribution in [3.8, 4) is 0 Å². The average molecular weight is 445 g/mol. The van der Waals surface area contributed by atoms with Gasteiger partial charge in [-0.25, -0.2) is 4.79 Å². The number of carbonyl (C=O) groups excluding carboxylic acids is 2. The molecule has 2 bridgehead atoms. The Morgan fingerprint density at radius 1 is 1.10 bits per heavy atom. The quantitative estimate of drug-likeness (QED) is 0.741. The number of rotatable bonds is 5. The van der Waals surface area contributed by atoms with Gasteiger partial charge in [0, 0.05) is 49.1 Å². The molecule has 9 heteroatoms. The zero-order valence-electron chi connectivity index (χ0n) is 17.3. The molecule has 0 spiro atoms. The molecule has 2 N–H and O–H groups in total. The maximum atomic E-state index is 13.0. The number of halogens is 1. The number of carbonyl (C=O) groups is 2. The Balaban J connectivity index is 1.47. The molecule has 3 heterocycles. The molecule has 1 fully saturated rings. The third-order valence-electron chi connectivity index (χ3n) is 5.83. The summed E-state index contributed by atoms with van der Waals surface area (Å²) in [5.74, 6) is 0.418. The minimum absolute atomic E-state index is 0.0875. The monoisotopic (exact) mass is 444 g/mol. The number of fused-ring (bicyclic) bond motifs is 4. The fraction of sp³-hybridized carbons (Fsp3) is 0.409. The number of likely N-dealkylation sites (tertiary alicyclic amines) is 1. The Hall–Kier alpha value is -2.84. The first-order chi connectivity index (χ1) is 14.9. The molecule has 0 aliphatic carbocycles. The first kappa shape index (κ1) is 21.4. The number of anilines is 2. The largest absolute Gasteiger partial charge is 0.384 e. The maximum Gasteiger partial charge on any atom is 0.323 e. The molecule has 3 amide bonds. The summed E-state index contributed by atoms with van der Waals surface area (Å²) in [6.07, 6.45) is 1.33. The number of benzene rings is 1. The molecule has 1 aromatic heterocycles. The van der Waals surface area contributed by atoms with Gasteiger partial charge in [0.25, 0.3) is 5.56 Å². The molecule has 0 saturated carbocycles. The number of nitrogens with zero attached hydrogens (tertiary/aromatic N) is 2. The van der Waals surface area contributed by atoms with Crippen LogP contribution in [-0.4, -0.2) is 48.2 Å². The van der Waals surface area contributed by atoms with Gasteiger partial charge in [0.2, 0.25) is 5.91 Å². The second kappa shape index (κ2) is 9.11. The van der Waals surface area contributed by atoms with E-state index in [4.69, 9.17) is 16.3 Å². The van der Waals surface area contributed by atoms with Crippen LogP contribution in [0.3, 0.4) is 0 Å². The summed E-state index contributed by atoms with van der Waals surface area (Å²) in [7, 11) is 1.59. The number of hydrogen-bond acceptors (Lipinski definition) is 4. The van der Waals surface area contributed by atoms with Crippen molar-refractivity contribution in [3.63, 3.8) is 0 Å². The minimum atomic E-state index is -0.495. The first-order valence-corrected chi connectivity index (χ1v) is 10.7. The van der Waals surface area contributed by atoms with Crippen molar-refractivity contribution in [2.24, 2.45) is 5.92 Å². The van der Waals surface area contributed by atoms with Crippen LogP contribution in [0.2, 0.25) is 5.02 Å². The van der Waals surface area contributed by atoms with E-state index in [2.05, 4.69) is 10.6 Å². The maximum absolute atomic E-state index is 13.0. The fourth-order valence-electron chi connectivity index (χ4n) is 4.41. The zero-order chi connectivity index (χ0) is 22.0. The number of nitrogens with one attached hydrogen (secondary N) is 2.